The van der Waals surface area contributed by atoms with E-state index in [0.717, 1.165) is 15.7 Å². The second-order valence-electron chi connectivity index (χ2n) is 4.48. The van der Waals surface area contributed by atoms with Crippen molar-refractivity contribution in [2.75, 3.05) is 19.0 Å². The summed E-state index contributed by atoms with van der Waals surface area (Å²) < 4.78 is 11.5. The summed E-state index contributed by atoms with van der Waals surface area (Å²) >= 11 is 3.42. The molecule has 0 aromatic heterocycles. The number of carbonyl (C=O) groups excluding carboxylic acids is 1. The maximum atomic E-state index is 11.9. The molecule has 0 saturated carbocycles. The van der Waals surface area contributed by atoms with Crippen LogP contribution in [0.2, 0.25) is 0 Å². The van der Waals surface area contributed by atoms with Crippen LogP contribution < -0.4 is 14.8 Å². The zero-order valence-corrected chi connectivity index (χ0v) is 13.4. The van der Waals surface area contributed by atoms with Crippen LogP contribution in [0.25, 0.3) is 0 Å². The summed E-state index contributed by atoms with van der Waals surface area (Å²) in [5, 5.41) is 2.79. The number of halogens is 1. The van der Waals surface area contributed by atoms with E-state index >= 15 is 0 Å². The maximum Gasteiger partial charge on any atom is 0.262 e. The number of aryl methyl sites for hydroxylation is 1. The normalized spacial score (nSPS) is 10.0. The second kappa shape index (κ2) is 7.13. The van der Waals surface area contributed by atoms with Crippen LogP contribution in [0.15, 0.2) is 46.9 Å². The highest BCUT2D eigenvalue weighted by Gasteiger charge is 2.05. The predicted molar refractivity (Wildman–Crippen MR) is 86.0 cm³/mol. The largest absolute Gasteiger partial charge is 0.497 e. The van der Waals surface area contributed by atoms with Gasteiger partial charge in [-0.3, -0.25) is 4.79 Å². The van der Waals surface area contributed by atoms with Crippen LogP contribution in [0.3, 0.4) is 0 Å². The summed E-state index contributed by atoms with van der Waals surface area (Å²) in [6.45, 7) is 1.91. The average Bonchev–Trinajstić information content (AvgIpc) is 2.49. The highest BCUT2D eigenvalue weighted by molar-refractivity contribution is 9.10. The van der Waals surface area contributed by atoms with Gasteiger partial charge in [0.2, 0.25) is 0 Å². The Labute approximate surface area is 132 Å². The molecule has 2 aromatic rings. The van der Waals surface area contributed by atoms with Crippen LogP contribution in [-0.2, 0) is 4.79 Å². The summed E-state index contributed by atoms with van der Waals surface area (Å²) in [7, 11) is 1.59. The SMILES string of the molecule is COc1cccc(OCC(=O)Nc2ccc(Br)c(C)c2)c1. The molecule has 0 bridgehead atoms. The lowest BCUT2D eigenvalue weighted by molar-refractivity contribution is -0.118. The minimum absolute atomic E-state index is 0.0533. The van der Waals surface area contributed by atoms with E-state index < -0.39 is 0 Å². The molecule has 1 N–H and O–H groups in total. The number of amides is 1. The molecular formula is C16H16BrNO3. The topological polar surface area (TPSA) is 47.6 Å². The molecule has 0 aliphatic rings. The van der Waals surface area contributed by atoms with Crippen LogP contribution in [0.5, 0.6) is 11.5 Å². The fourth-order valence-corrected chi connectivity index (χ4v) is 2.01. The highest BCUT2D eigenvalue weighted by atomic mass is 79.9. The molecule has 0 radical (unpaired) electrons. The Balaban J connectivity index is 1.91. The molecule has 0 fully saturated rings. The lowest BCUT2D eigenvalue weighted by Gasteiger charge is -2.09. The smallest absolute Gasteiger partial charge is 0.262 e. The molecule has 4 nitrogen and oxygen atoms in total. The third kappa shape index (κ3) is 4.49. The molecule has 2 aromatic carbocycles. The van der Waals surface area contributed by atoms with E-state index in [2.05, 4.69) is 21.2 Å². The van der Waals surface area contributed by atoms with Gasteiger partial charge in [0.15, 0.2) is 6.61 Å². The number of ether oxygens (including phenoxy) is 2. The van der Waals surface area contributed by atoms with Gasteiger partial charge in [-0.1, -0.05) is 22.0 Å². The van der Waals surface area contributed by atoms with E-state index in [4.69, 9.17) is 9.47 Å². The van der Waals surface area contributed by atoms with Crippen molar-refractivity contribution < 1.29 is 14.3 Å². The van der Waals surface area contributed by atoms with Crippen molar-refractivity contribution in [1.29, 1.82) is 0 Å². The van der Waals surface area contributed by atoms with Crippen molar-refractivity contribution in [1.82, 2.24) is 0 Å². The zero-order chi connectivity index (χ0) is 15.2. The summed E-state index contributed by atoms with van der Waals surface area (Å²) in [6, 6.07) is 12.8. The van der Waals surface area contributed by atoms with Crippen molar-refractivity contribution in [2.24, 2.45) is 0 Å². The molecule has 0 heterocycles. The van der Waals surface area contributed by atoms with Crippen LogP contribution in [-0.4, -0.2) is 19.6 Å². The van der Waals surface area contributed by atoms with Gasteiger partial charge >= 0.3 is 0 Å². The zero-order valence-electron chi connectivity index (χ0n) is 11.9. The lowest BCUT2D eigenvalue weighted by Crippen LogP contribution is -2.20. The second-order valence-corrected chi connectivity index (χ2v) is 5.33. The number of nitrogens with one attached hydrogen (secondary N) is 1. The van der Waals surface area contributed by atoms with Crippen molar-refractivity contribution in [3.63, 3.8) is 0 Å². The number of carbonyl (C=O) groups is 1. The van der Waals surface area contributed by atoms with E-state index in [9.17, 15) is 4.79 Å². The van der Waals surface area contributed by atoms with Gasteiger partial charge in [-0.25, -0.2) is 0 Å². The Hall–Kier alpha value is -2.01. The minimum atomic E-state index is -0.209. The molecule has 0 aliphatic carbocycles. The van der Waals surface area contributed by atoms with Gasteiger partial charge in [-0.15, -0.1) is 0 Å². The van der Waals surface area contributed by atoms with E-state index in [1.54, 1.807) is 19.2 Å². The van der Waals surface area contributed by atoms with Crippen molar-refractivity contribution in [3.8, 4) is 11.5 Å². The van der Waals surface area contributed by atoms with E-state index in [1.807, 2.05) is 37.3 Å². The number of benzene rings is 2. The van der Waals surface area contributed by atoms with Crippen molar-refractivity contribution in [3.05, 3.63) is 52.5 Å². The summed E-state index contributed by atoms with van der Waals surface area (Å²) in [6.07, 6.45) is 0. The average molecular weight is 350 g/mol. The predicted octanol–water partition coefficient (Wildman–Crippen LogP) is 3.78. The fourth-order valence-electron chi connectivity index (χ4n) is 1.76. The van der Waals surface area contributed by atoms with Gasteiger partial charge in [0.1, 0.15) is 11.5 Å². The molecule has 0 spiro atoms. The molecule has 0 aliphatic heterocycles. The molecule has 2 rings (SSSR count). The lowest BCUT2D eigenvalue weighted by atomic mass is 10.2. The standard InChI is InChI=1S/C16H16BrNO3/c1-11-8-12(6-7-15(11)17)18-16(19)10-21-14-5-3-4-13(9-14)20-2/h3-9H,10H2,1-2H3,(H,18,19). The molecule has 0 atom stereocenters. The molecule has 1 amide bonds. The summed E-state index contributed by atoms with van der Waals surface area (Å²) in [5.74, 6) is 1.08. The maximum absolute atomic E-state index is 11.9. The van der Waals surface area contributed by atoms with E-state index in [-0.39, 0.29) is 12.5 Å². The highest BCUT2D eigenvalue weighted by Crippen LogP contribution is 2.21. The first-order valence-electron chi connectivity index (χ1n) is 6.41. The number of anilines is 1. The Kier molecular flexibility index (Phi) is 5.22. The quantitative estimate of drug-likeness (QED) is 0.893. The van der Waals surface area contributed by atoms with Gasteiger partial charge in [-0.2, -0.15) is 0 Å². The van der Waals surface area contributed by atoms with Gasteiger partial charge in [0.05, 0.1) is 7.11 Å². The van der Waals surface area contributed by atoms with E-state index in [1.165, 1.54) is 0 Å². The van der Waals surface area contributed by atoms with Crippen molar-refractivity contribution in [2.45, 2.75) is 6.92 Å². The Morgan fingerprint density at radius 3 is 2.67 bits per heavy atom. The summed E-state index contributed by atoms with van der Waals surface area (Å²) in [4.78, 5) is 11.9. The Morgan fingerprint density at radius 1 is 1.19 bits per heavy atom. The van der Waals surface area contributed by atoms with Crippen molar-refractivity contribution >= 4 is 27.5 Å². The first-order chi connectivity index (χ1) is 10.1. The van der Waals surface area contributed by atoms with Gasteiger partial charge < -0.3 is 14.8 Å². The molecule has 0 saturated heterocycles. The fraction of sp³-hybridized carbons (Fsp3) is 0.188. The molecular weight excluding hydrogens is 334 g/mol. The molecule has 110 valence electrons. The molecule has 21 heavy (non-hydrogen) atoms. The molecule has 5 heteroatoms. The number of methoxy groups -OCH3 is 1. The first-order valence-corrected chi connectivity index (χ1v) is 7.20. The Morgan fingerprint density at radius 2 is 1.95 bits per heavy atom. The van der Waals surface area contributed by atoms with Crippen LogP contribution in [0.4, 0.5) is 5.69 Å². The third-order valence-electron chi connectivity index (χ3n) is 2.85. The minimum Gasteiger partial charge on any atom is -0.497 e. The van der Waals surface area contributed by atoms with Crippen LogP contribution >= 0.6 is 15.9 Å². The van der Waals surface area contributed by atoms with Gasteiger partial charge in [-0.05, 0) is 42.8 Å². The van der Waals surface area contributed by atoms with Gasteiger partial charge in [0.25, 0.3) is 5.91 Å². The number of hydrogen-bond donors (Lipinski definition) is 1. The van der Waals surface area contributed by atoms with Crippen LogP contribution in [0, 0.1) is 6.92 Å². The number of hydrogen-bond acceptors (Lipinski definition) is 3. The van der Waals surface area contributed by atoms with Gasteiger partial charge in [0, 0.05) is 16.2 Å². The summed E-state index contributed by atoms with van der Waals surface area (Å²) in [5.41, 5.74) is 1.80. The Bertz CT molecular complexity index is 643. The first kappa shape index (κ1) is 15.4. The third-order valence-corrected chi connectivity index (χ3v) is 3.74. The van der Waals surface area contributed by atoms with E-state index in [0.29, 0.717) is 11.5 Å². The molecule has 0 unspecified atom stereocenters. The van der Waals surface area contributed by atoms with Crippen LogP contribution in [0.1, 0.15) is 5.56 Å². The monoisotopic (exact) mass is 349 g/mol. The number of rotatable bonds is 5.